The van der Waals surface area contributed by atoms with Crippen LogP contribution in [0.5, 0.6) is 5.75 Å². The number of para-hydroxylation sites is 1. The Kier molecular flexibility index (Phi) is 5.76. The number of rotatable bonds is 8. The molecule has 0 N–H and O–H groups in total. The van der Waals surface area contributed by atoms with Crippen molar-refractivity contribution in [2.24, 2.45) is 0 Å². The summed E-state index contributed by atoms with van der Waals surface area (Å²) in [5.74, 6) is 2.84. The molecule has 4 rings (SSSR count). The van der Waals surface area contributed by atoms with Crippen LogP contribution in [0.15, 0.2) is 58.5 Å². The molecule has 0 saturated heterocycles. The molecule has 0 aliphatic heterocycles. The van der Waals surface area contributed by atoms with E-state index in [0.29, 0.717) is 18.3 Å². The third-order valence-electron chi connectivity index (χ3n) is 4.72. The lowest BCUT2D eigenvalue weighted by atomic mass is 10.2. The topological polar surface area (TPSA) is 72.4 Å². The van der Waals surface area contributed by atoms with Crippen molar-refractivity contribution in [3.05, 3.63) is 54.4 Å². The summed E-state index contributed by atoms with van der Waals surface area (Å²) < 4.78 is 31.2. The quantitative estimate of drug-likeness (QED) is 0.307. The molecular weight excluding hydrogens is 406 g/mol. The monoisotopic (exact) mass is 429 g/mol. The van der Waals surface area contributed by atoms with E-state index < -0.39 is 10.0 Å². The van der Waals surface area contributed by atoms with Crippen LogP contribution in [0.1, 0.15) is 24.6 Å². The van der Waals surface area contributed by atoms with Gasteiger partial charge in [0.25, 0.3) is 0 Å². The Hall–Kier alpha value is -2.16. The number of aromatic nitrogens is 2. The second kappa shape index (κ2) is 8.30. The van der Waals surface area contributed by atoms with E-state index in [4.69, 9.17) is 14.7 Å². The second-order valence-electron chi connectivity index (χ2n) is 7.13. The van der Waals surface area contributed by atoms with Crippen molar-refractivity contribution < 1.29 is 13.2 Å². The molecule has 1 saturated carbocycles. The highest BCUT2D eigenvalue weighted by Gasteiger charge is 2.27. The second-order valence-corrected chi connectivity index (χ2v) is 10.4. The highest BCUT2D eigenvalue weighted by atomic mass is 32.2. The maximum absolute atomic E-state index is 12.1. The van der Waals surface area contributed by atoms with E-state index in [-0.39, 0.29) is 4.90 Å². The van der Waals surface area contributed by atoms with Crippen LogP contribution in [0, 0.1) is 0 Å². The number of hydrogen-bond donors (Lipinski definition) is 0. The van der Waals surface area contributed by atoms with Crippen LogP contribution in [0.2, 0.25) is 0 Å². The van der Waals surface area contributed by atoms with Crippen LogP contribution in [0.4, 0.5) is 0 Å². The van der Waals surface area contributed by atoms with Gasteiger partial charge in [-0.05, 0) is 43.2 Å². The van der Waals surface area contributed by atoms with Crippen molar-refractivity contribution in [2.45, 2.75) is 28.7 Å². The zero-order chi connectivity index (χ0) is 20.4. The minimum absolute atomic E-state index is 0.254. The summed E-state index contributed by atoms with van der Waals surface area (Å²) in [6.45, 7) is 0.502. The molecule has 0 unspecified atom stereocenters. The fourth-order valence-corrected chi connectivity index (χ4v) is 4.66. The van der Waals surface area contributed by atoms with Crippen molar-refractivity contribution >= 4 is 32.7 Å². The standard InChI is InChI=1S/C21H23N3O3S2/c1-24(2)29(25,26)17-11-9-16(10-12-17)27-13-14-28-21-18-5-3-4-6-19(18)22-20(23-21)15-7-8-15/h3-6,9-12,15H,7-8,13-14H2,1-2H3. The Morgan fingerprint density at radius 2 is 1.79 bits per heavy atom. The Labute approximate surface area is 175 Å². The van der Waals surface area contributed by atoms with Gasteiger partial charge >= 0.3 is 0 Å². The minimum Gasteiger partial charge on any atom is -0.493 e. The molecule has 152 valence electrons. The molecule has 0 spiro atoms. The first-order valence-corrected chi connectivity index (χ1v) is 11.9. The first-order valence-electron chi connectivity index (χ1n) is 9.50. The van der Waals surface area contributed by atoms with Gasteiger partial charge < -0.3 is 4.74 Å². The van der Waals surface area contributed by atoms with Gasteiger partial charge in [-0.1, -0.05) is 18.2 Å². The molecule has 1 aromatic heterocycles. The van der Waals surface area contributed by atoms with Gasteiger partial charge in [-0.15, -0.1) is 11.8 Å². The SMILES string of the molecule is CN(C)S(=O)(=O)c1ccc(OCCSc2nc(C3CC3)nc3ccccc23)cc1. The van der Waals surface area contributed by atoms with E-state index >= 15 is 0 Å². The van der Waals surface area contributed by atoms with Gasteiger partial charge in [0, 0.05) is 31.2 Å². The molecule has 3 aromatic rings. The van der Waals surface area contributed by atoms with Gasteiger partial charge in [-0.3, -0.25) is 0 Å². The molecule has 1 fully saturated rings. The van der Waals surface area contributed by atoms with E-state index in [1.54, 1.807) is 36.0 Å². The number of hydrogen-bond acceptors (Lipinski definition) is 6. The fraction of sp³-hybridized carbons (Fsp3) is 0.333. The van der Waals surface area contributed by atoms with Gasteiger partial charge in [0.05, 0.1) is 17.0 Å². The Balaban J connectivity index is 1.39. The average molecular weight is 430 g/mol. The molecule has 8 heteroatoms. The minimum atomic E-state index is -3.42. The number of sulfonamides is 1. The molecule has 29 heavy (non-hydrogen) atoms. The van der Waals surface area contributed by atoms with Gasteiger partial charge in [0.15, 0.2) is 0 Å². The molecular formula is C21H23N3O3S2. The maximum Gasteiger partial charge on any atom is 0.242 e. The smallest absolute Gasteiger partial charge is 0.242 e. The third-order valence-corrected chi connectivity index (χ3v) is 7.51. The summed E-state index contributed by atoms with van der Waals surface area (Å²) in [5.41, 5.74) is 0.991. The largest absolute Gasteiger partial charge is 0.493 e. The highest BCUT2D eigenvalue weighted by Crippen LogP contribution is 2.39. The number of fused-ring (bicyclic) bond motifs is 1. The van der Waals surface area contributed by atoms with Crippen LogP contribution in [0.25, 0.3) is 10.9 Å². The molecule has 0 amide bonds. The highest BCUT2D eigenvalue weighted by molar-refractivity contribution is 7.99. The Bertz CT molecular complexity index is 1110. The summed E-state index contributed by atoms with van der Waals surface area (Å²) in [5, 5.41) is 2.06. The maximum atomic E-state index is 12.1. The van der Waals surface area contributed by atoms with E-state index in [1.807, 2.05) is 18.2 Å². The summed E-state index contributed by atoms with van der Waals surface area (Å²) in [6, 6.07) is 14.6. The van der Waals surface area contributed by atoms with Crippen LogP contribution in [0.3, 0.4) is 0 Å². The first-order chi connectivity index (χ1) is 13.9. The predicted molar refractivity (Wildman–Crippen MR) is 115 cm³/mol. The molecule has 0 radical (unpaired) electrons. The molecule has 0 atom stereocenters. The Morgan fingerprint density at radius 3 is 2.48 bits per heavy atom. The van der Waals surface area contributed by atoms with Gasteiger partial charge in [-0.2, -0.15) is 0 Å². The zero-order valence-electron chi connectivity index (χ0n) is 16.4. The van der Waals surface area contributed by atoms with Crippen molar-refractivity contribution in [3.8, 4) is 5.75 Å². The van der Waals surface area contributed by atoms with E-state index in [9.17, 15) is 8.42 Å². The number of nitrogens with zero attached hydrogens (tertiary/aromatic N) is 3. The normalized spacial score (nSPS) is 14.4. The number of thioether (sulfide) groups is 1. The van der Waals surface area contributed by atoms with Crippen molar-refractivity contribution in [2.75, 3.05) is 26.5 Å². The molecule has 1 heterocycles. The lowest BCUT2D eigenvalue weighted by molar-refractivity contribution is 0.343. The van der Waals surface area contributed by atoms with E-state index in [2.05, 4.69) is 6.07 Å². The number of ether oxygens (including phenoxy) is 1. The molecule has 2 aromatic carbocycles. The zero-order valence-corrected chi connectivity index (χ0v) is 18.0. The molecule has 1 aliphatic carbocycles. The van der Waals surface area contributed by atoms with Crippen LogP contribution >= 0.6 is 11.8 Å². The van der Waals surface area contributed by atoms with Crippen LogP contribution in [-0.4, -0.2) is 49.1 Å². The van der Waals surface area contributed by atoms with Crippen LogP contribution in [-0.2, 0) is 10.0 Å². The lowest BCUT2D eigenvalue weighted by Crippen LogP contribution is -2.22. The van der Waals surface area contributed by atoms with Gasteiger partial charge in [0.1, 0.15) is 16.6 Å². The average Bonchev–Trinajstić information content (AvgIpc) is 3.56. The van der Waals surface area contributed by atoms with Crippen LogP contribution < -0.4 is 4.74 Å². The molecule has 1 aliphatic rings. The third kappa shape index (κ3) is 4.55. The van der Waals surface area contributed by atoms with Gasteiger partial charge in [0.2, 0.25) is 10.0 Å². The fourth-order valence-electron chi connectivity index (χ4n) is 2.92. The summed E-state index contributed by atoms with van der Waals surface area (Å²) in [4.78, 5) is 9.75. The number of benzene rings is 2. The van der Waals surface area contributed by atoms with Crippen molar-refractivity contribution in [3.63, 3.8) is 0 Å². The predicted octanol–water partition coefficient (Wildman–Crippen LogP) is 3.93. The Morgan fingerprint density at radius 1 is 1.07 bits per heavy atom. The van der Waals surface area contributed by atoms with Gasteiger partial charge in [-0.25, -0.2) is 22.7 Å². The molecule has 0 bridgehead atoms. The summed E-state index contributed by atoms with van der Waals surface area (Å²) in [7, 11) is -0.390. The van der Waals surface area contributed by atoms with Crippen molar-refractivity contribution in [1.29, 1.82) is 0 Å². The molecule has 6 nitrogen and oxygen atoms in total. The van der Waals surface area contributed by atoms with E-state index in [1.165, 1.54) is 31.2 Å². The first kappa shape index (κ1) is 20.1. The van der Waals surface area contributed by atoms with Crippen molar-refractivity contribution in [1.82, 2.24) is 14.3 Å². The lowest BCUT2D eigenvalue weighted by Gasteiger charge is -2.12. The van der Waals surface area contributed by atoms with E-state index in [0.717, 1.165) is 27.5 Å². The summed E-state index contributed by atoms with van der Waals surface area (Å²) in [6.07, 6.45) is 2.34. The summed E-state index contributed by atoms with van der Waals surface area (Å²) >= 11 is 1.66.